The zero-order valence-electron chi connectivity index (χ0n) is 21.5. The van der Waals surface area contributed by atoms with Crippen LogP contribution in [0.4, 0.5) is 0 Å². The van der Waals surface area contributed by atoms with Crippen LogP contribution in [0.3, 0.4) is 0 Å². The standard InChI is InChI=1S/C28H36N4O4/c1-5-32(6-2)16-15-28(4,18-26(33)31-35)30-27(34)21-11-13-23(14-12-21)36-19-22-17-20(3)29-25-10-8-7-9-24(22)25/h7-14,17,35H,5-6,15-16,18-19H2,1-4H3,(H,30,34)(H,31,33). The van der Waals surface area contributed by atoms with Crippen LogP contribution in [0, 0.1) is 6.92 Å². The Hall–Kier alpha value is -3.49. The first-order valence-corrected chi connectivity index (χ1v) is 12.3. The van der Waals surface area contributed by atoms with Gasteiger partial charge in [-0.05, 0) is 69.8 Å². The normalized spacial score (nSPS) is 12.8. The summed E-state index contributed by atoms with van der Waals surface area (Å²) in [4.78, 5) is 31.7. The van der Waals surface area contributed by atoms with Gasteiger partial charge in [-0.15, -0.1) is 0 Å². The van der Waals surface area contributed by atoms with E-state index in [0.717, 1.165) is 41.8 Å². The molecule has 36 heavy (non-hydrogen) atoms. The fourth-order valence-corrected chi connectivity index (χ4v) is 4.26. The number of rotatable bonds is 12. The van der Waals surface area contributed by atoms with Gasteiger partial charge in [0.05, 0.1) is 11.9 Å². The summed E-state index contributed by atoms with van der Waals surface area (Å²) >= 11 is 0. The number of nitrogens with zero attached hydrogens (tertiary/aromatic N) is 2. The monoisotopic (exact) mass is 492 g/mol. The maximum absolute atomic E-state index is 13.0. The molecule has 0 aliphatic rings. The van der Waals surface area contributed by atoms with Gasteiger partial charge in [0.1, 0.15) is 12.4 Å². The molecule has 3 N–H and O–H groups in total. The lowest BCUT2D eigenvalue weighted by Gasteiger charge is -2.32. The average molecular weight is 493 g/mol. The number of para-hydroxylation sites is 1. The highest BCUT2D eigenvalue weighted by Gasteiger charge is 2.30. The number of hydrogen-bond donors (Lipinski definition) is 3. The first-order chi connectivity index (χ1) is 17.3. The van der Waals surface area contributed by atoms with Gasteiger partial charge in [0, 0.05) is 34.3 Å². The highest BCUT2D eigenvalue weighted by molar-refractivity contribution is 5.95. The van der Waals surface area contributed by atoms with E-state index in [1.807, 2.05) is 44.2 Å². The van der Waals surface area contributed by atoms with Gasteiger partial charge in [-0.1, -0.05) is 32.0 Å². The molecule has 0 aliphatic carbocycles. The Balaban J connectivity index is 1.67. The van der Waals surface area contributed by atoms with Crippen LogP contribution in [0.15, 0.2) is 54.6 Å². The predicted molar refractivity (Wildman–Crippen MR) is 140 cm³/mol. The van der Waals surface area contributed by atoms with Crippen molar-refractivity contribution < 1.29 is 19.5 Å². The van der Waals surface area contributed by atoms with Crippen LogP contribution in [-0.4, -0.2) is 52.1 Å². The number of carbonyl (C=O) groups excluding carboxylic acids is 2. The average Bonchev–Trinajstić information content (AvgIpc) is 2.87. The molecule has 0 radical (unpaired) electrons. The summed E-state index contributed by atoms with van der Waals surface area (Å²) in [6.07, 6.45) is 0.533. The zero-order valence-corrected chi connectivity index (χ0v) is 21.5. The number of carbonyl (C=O) groups is 2. The van der Waals surface area contributed by atoms with Gasteiger partial charge in [0.15, 0.2) is 0 Å². The molecule has 2 amide bonds. The Bertz CT molecular complexity index is 1180. The van der Waals surface area contributed by atoms with E-state index in [-0.39, 0.29) is 12.3 Å². The molecule has 192 valence electrons. The summed E-state index contributed by atoms with van der Waals surface area (Å²) in [5.74, 6) is -0.181. The number of pyridine rings is 1. The second kappa shape index (κ2) is 12.5. The van der Waals surface area contributed by atoms with Crippen LogP contribution in [0.2, 0.25) is 0 Å². The molecule has 1 heterocycles. The number of aromatic nitrogens is 1. The summed E-state index contributed by atoms with van der Waals surface area (Å²) in [5, 5.41) is 13.1. The number of ether oxygens (including phenoxy) is 1. The molecule has 0 saturated heterocycles. The van der Waals surface area contributed by atoms with Gasteiger partial charge < -0.3 is 15.0 Å². The highest BCUT2D eigenvalue weighted by Crippen LogP contribution is 2.22. The molecule has 1 atom stereocenters. The molecule has 0 fully saturated rings. The molecular formula is C28H36N4O4. The van der Waals surface area contributed by atoms with Crippen LogP contribution in [0.1, 0.15) is 55.2 Å². The number of benzene rings is 2. The van der Waals surface area contributed by atoms with E-state index in [9.17, 15) is 9.59 Å². The third kappa shape index (κ3) is 7.26. The van der Waals surface area contributed by atoms with E-state index in [0.29, 0.717) is 24.3 Å². The molecule has 0 bridgehead atoms. The maximum atomic E-state index is 13.0. The van der Waals surface area contributed by atoms with Crippen LogP contribution in [0.25, 0.3) is 10.9 Å². The van der Waals surface area contributed by atoms with Crippen molar-refractivity contribution in [1.29, 1.82) is 0 Å². The van der Waals surface area contributed by atoms with Crippen LogP contribution >= 0.6 is 0 Å². The quantitative estimate of drug-likeness (QED) is 0.258. The summed E-state index contributed by atoms with van der Waals surface area (Å²) in [5.41, 5.74) is 4.23. The topological polar surface area (TPSA) is 104 Å². The van der Waals surface area contributed by atoms with E-state index in [4.69, 9.17) is 9.94 Å². The minimum absolute atomic E-state index is 0.0307. The lowest BCUT2D eigenvalue weighted by atomic mass is 9.92. The van der Waals surface area contributed by atoms with Gasteiger partial charge in [0.25, 0.3) is 5.91 Å². The van der Waals surface area contributed by atoms with Crippen LogP contribution in [0.5, 0.6) is 5.75 Å². The molecule has 3 rings (SSSR count). The number of hydrogen-bond acceptors (Lipinski definition) is 6. The Morgan fingerprint density at radius 1 is 1.08 bits per heavy atom. The molecule has 8 heteroatoms. The molecule has 1 unspecified atom stereocenters. The van der Waals surface area contributed by atoms with Gasteiger partial charge in [0.2, 0.25) is 5.91 Å². The molecule has 8 nitrogen and oxygen atoms in total. The number of fused-ring (bicyclic) bond motifs is 1. The largest absolute Gasteiger partial charge is 0.489 e. The van der Waals surface area contributed by atoms with Crippen LogP contribution in [-0.2, 0) is 11.4 Å². The van der Waals surface area contributed by atoms with E-state index in [1.165, 1.54) is 0 Å². The number of amides is 2. The summed E-state index contributed by atoms with van der Waals surface area (Å²) in [6, 6.07) is 16.9. The van der Waals surface area contributed by atoms with Gasteiger partial charge in [-0.25, -0.2) is 5.48 Å². The van der Waals surface area contributed by atoms with E-state index in [2.05, 4.69) is 29.0 Å². The lowest BCUT2D eigenvalue weighted by molar-refractivity contribution is -0.130. The molecule has 0 saturated carbocycles. The van der Waals surface area contributed by atoms with Crippen molar-refractivity contribution >= 4 is 22.7 Å². The minimum Gasteiger partial charge on any atom is -0.489 e. The number of nitrogens with one attached hydrogen (secondary N) is 2. The second-order valence-corrected chi connectivity index (χ2v) is 9.26. The van der Waals surface area contributed by atoms with E-state index >= 15 is 0 Å². The maximum Gasteiger partial charge on any atom is 0.251 e. The smallest absolute Gasteiger partial charge is 0.251 e. The molecular weight excluding hydrogens is 456 g/mol. The molecule has 0 spiro atoms. The SMILES string of the molecule is CCN(CC)CCC(C)(CC(=O)NO)NC(=O)c1ccc(OCc2cc(C)nc3ccccc23)cc1. The van der Waals surface area contributed by atoms with Crippen LogP contribution < -0.4 is 15.5 Å². The van der Waals surface area contributed by atoms with Crippen molar-refractivity contribution in [1.82, 2.24) is 20.7 Å². The Kier molecular flexibility index (Phi) is 9.38. The Labute approximate surface area is 212 Å². The molecule has 0 aliphatic heterocycles. The first kappa shape index (κ1) is 27.1. The lowest BCUT2D eigenvalue weighted by Crippen LogP contribution is -2.50. The highest BCUT2D eigenvalue weighted by atomic mass is 16.5. The third-order valence-corrected chi connectivity index (χ3v) is 6.41. The Morgan fingerprint density at radius 2 is 1.78 bits per heavy atom. The zero-order chi connectivity index (χ0) is 26.1. The fourth-order valence-electron chi connectivity index (χ4n) is 4.26. The molecule has 1 aromatic heterocycles. The summed E-state index contributed by atoms with van der Waals surface area (Å²) < 4.78 is 6.00. The van der Waals surface area contributed by atoms with Gasteiger partial charge in [-0.3, -0.25) is 19.8 Å². The summed E-state index contributed by atoms with van der Waals surface area (Å²) in [7, 11) is 0. The van der Waals surface area contributed by atoms with Crippen molar-refractivity contribution in [2.45, 2.75) is 52.7 Å². The van der Waals surface area contributed by atoms with E-state index in [1.54, 1.807) is 29.7 Å². The van der Waals surface area contributed by atoms with Crippen molar-refractivity contribution in [3.8, 4) is 5.75 Å². The predicted octanol–water partition coefficient (Wildman–Crippen LogP) is 4.24. The van der Waals surface area contributed by atoms with Crippen molar-refractivity contribution in [3.05, 3.63) is 71.4 Å². The minimum atomic E-state index is -0.818. The third-order valence-electron chi connectivity index (χ3n) is 6.41. The number of aryl methyl sites for hydroxylation is 1. The second-order valence-electron chi connectivity index (χ2n) is 9.26. The van der Waals surface area contributed by atoms with Gasteiger partial charge in [-0.2, -0.15) is 0 Å². The van der Waals surface area contributed by atoms with Crippen molar-refractivity contribution in [2.75, 3.05) is 19.6 Å². The number of hydroxylamine groups is 1. The van der Waals surface area contributed by atoms with Crippen molar-refractivity contribution in [2.24, 2.45) is 0 Å². The van der Waals surface area contributed by atoms with Gasteiger partial charge >= 0.3 is 0 Å². The summed E-state index contributed by atoms with van der Waals surface area (Å²) in [6.45, 7) is 10.8. The van der Waals surface area contributed by atoms with E-state index < -0.39 is 11.4 Å². The fraction of sp³-hybridized carbons (Fsp3) is 0.393. The molecule has 2 aromatic carbocycles. The molecule has 3 aromatic rings. The first-order valence-electron chi connectivity index (χ1n) is 12.3. The van der Waals surface area contributed by atoms with Crippen molar-refractivity contribution in [3.63, 3.8) is 0 Å². The Morgan fingerprint density at radius 3 is 2.44 bits per heavy atom.